The molecule has 3 nitrogen and oxygen atoms in total. The molecule has 2 fully saturated rings. The zero-order valence-corrected chi connectivity index (χ0v) is 16.2. The van der Waals surface area contributed by atoms with Gasteiger partial charge in [0.25, 0.3) is 0 Å². The van der Waals surface area contributed by atoms with E-state index in [4.69, 9.17) is 0 Å². The highest BCUT2D eigenvalue weighted by Crippen LogP contribution is 2.37. The van der Waals surface area contributed by atoms with Crippen LogP contribution in [0.15, 0.2) is 30.3 Å². The van der Waals surface area contributed by atoms with Crippen molar-refractivity contribution in [1.29, 1.82) is 0 Å². The van der Waals surface area contributed by atoms with Gasteiger partial charge in [-0.05, 0) is 74.4 Å². The number of hydrogen-bond acceptors (Lipinski definition) is 2. The predicted octanol–water partition coefficient (Wildman–Crippen LogP) is 4.28. The van der Waals surface area contributed by atoms with E-state index < -0.39 is 0 Å². The van der Waals surface area contributed by atoms with Crippen molar-refractivity contribution in [3.05, 3.63) is 35.9 Å². The molecule has 0 bridgehead atoms. The molecule has 2 N–H and O–H groups in total. The van der Waals surface area contributed by atoms with E-state index in [-0.39, 0.29) is 23.7 Å². The van der Waals surface area contributed by atoms with E-state index in [1.165, 1.54) is 31.2 Å². The highest BCUT2D eigenvalue weighted by atomic mass is 35.5. The summed E-state index contributed by atoms with van der Waals surface area (Å²) in [5.74, 6) is 1.53. The number of hydrogen-bond donors (Lipinski definition) is 2. The zero-order chi connectivity index (χ0) is 16.8. The van der Waals surface area contributed by atoms with E-state index in [2.05, 4.69) is 47.9 Å². The molecule has 1 aliphatic heterocycles. The molecular weight excluding hydrogens is 332 g/mol. The maximum atomic E-state index is 12.3. The zero-order valence-electron chi connectivity index (χ0n) is 15.4. The van der Waals surface area contributed by atoms with Crippen molar-refractivity contribution in [3.63, 3.8) is 0 Å². The Morgan fingerprint density at radius 2 is 1.76 bits per heavy atom. The van der Waals surface area contributed by atoms with Crippen LogP contribution in [0.4, 0.5) is 0 Å². The number of benzene rings is 1. The number of piperidine rings is 1. The Balaban J connectivity index is 0.00000225. The molecule has 3 rings (SSSR count). The first-order valence-electron chi connectivity index (χ1n) is 9.67. The standard InChI is InChI=1S/C21H32N2O.ClH/c1-21(11-13-22-14-12-21)16-23-20(24)15-17-7-9-19(10-8-17)18-5-3-2-4-6-18;/h2-6,17,19,22H,7-16H2,1H3,(H,23,24);1H. The summed E-state index contributed by atoms with van der Waals surface area (Å²) < 4.78 is 0. The van der Waals surface area contributed by atoms with Gasteiger partial charge in [-0.15, -0.1) is 12.4 Å². The van der Waals surface area contributed by atoms with Crippen LogP contribution in [0.1, 0.15) is 63.4 Å². The number of carbonyl (C=O) groups is 1. The van der Waals surface area contributed by atoms with Crippen LogP contribution in [-0.4, -0.2) is 25.5 Å². The van der Waals surface area contributed by atoms with E-state index in [0.717, 1.165) is 38.9 Å². The first-order valence-corrected chi connectivity index (χ1v) is 9.67. The molecule has 0 unspecified atom stereocenters. The molecular formula is C21H33ClN2O. The lowest BCUT2D eigenvalue weighted by atomic mass is 9.77. The molecule has 4 heteroatoms. The molecule has 25 heavy (non-hydrogen) atoms. The average molecular weight is 365 g/mol. The molecule has 0 atom stereocenters. The summed E-state index contributed by atoms with van der Waals surface area (Å²) in [6.45, 7) is 5.30. The van der Waals surface area contributed by atoms with Crippen molar-refractivity contribution in [2.45, 2.75) is 57.8 Å². The van der Waals surface area contributed by atoms with Gasteiger partial charge in [0.1, 0.15) is 0 Å². The first-order chi connectivity index (χ1) is 11.6. The minimum absolute atomic E-state index is 0. The molecule has 0 radical (unpaired) electrons. The molecule has 1 aromatic rings. The second-order valence-electron chi connectivity index (χ2n) is 8.17. The van der Waals surface area contributed by atoms with Crippen LogP contribution in [0.3, 0.4) is 0 Å². The molecule has 1 aliphatic carbocycles. The normalized spacial score (nSPS) is 25.6. The van der Waals surface area contributed by atoms with Crippen molar-refractivity contribution >= 4 is 18.3 Å². The molecule has 140 valence electrons. The maximum Gasteiger partial charge on any atom is 0.220 e. The van der Waals surface area contributed by atoms with E-state index in [1.54, 1.807) is 0 Å². The lowest BCUT2D eigenvalue weighted by Crippen LogP contribution is -2.43. The minimum atomic E-state index is 0. The summed E-state index contributed by atoms with van der Waals surface area (Å²) in [5.41, 5.74) is 1.76. The molecule has 0 spiro atoms. The van der Waals surface area contributed by atoms with Crippen molar-refractivity contribution in [3.8, 4) is 0 Å². The summed E-state index contributed by atoms with van der Waals surface area (Å²) in [4.78, 5) is 12.3. The second kappa shape index (κ2) is 9.59. The summed E-state index contributed by atoms with van der Waals surface area (Å²) in [7, 11) is 0. The summed E-state index contributed by atoms with van der Waals surface area (Å²) in [5, 5.41) is 6.61. The van der Waals surface area contributed by atoms with Crippen LogP contribution in [0.5, 0.6) is 0 Å². The molecule has 1 amide bonds. The van der Waals surface area contributed by atoms with Gasteiger partial charge in [-0.1, -0.05) is 37.3 Å². The summed E-state index contributed by atoms with van der Waals surface area (Å²) in [6.07, 6.45) is 7.87. The van der Waals surface area contributed by atoms with Gasteiger partial charge in [-0.25, -0.2) is 0 Å². The summed E-state index contributed by atoms with van der Waals surface area (Å²) in [6, 6.07) is 10.9. The Kier molecular flexibility index (Phi) is 7.77. The molecule has 1 heterocycles. The molecule has 1 aromatic carbocycles. The van der Waals surface area contributed by atoms with Crippen LogP contribution in [0.2, 0.25) is 0 Å². The third-order valence-corrected chi connectivity index (χ3v) is 6.11. The Morgan fingerprint density at radius 3 is 2.40 bits per heavy atom. The fourth-order valence-corrected chi connectivity index (χ4v) is 4.28. The fourth-order valence-electron chi connectivity index (χ4n) is 4.28. The van der Waals surface area contributed by atoms with Crippen molar-refractivity contribution in [1.82, 2.24) is 10.6 Å². The van der Waals surface area contributed by atoms with Gasteiger partial charge in [-0.3, -0.25) is 4.79 Å². The number of nitrogens with one attached hydrogen (secondary N) is 2. The van der Waals surface area contributed by atoms with Gasteiger partial charge in [0.2, 0.25) is 5.91 Å². The largest absolute Gasteiger partial charge is 0.356 e. The second-order valence-corrected chi connectivity index (χ2v) is 8.17. The highest BCUT2D eigenvalue weighted by Gasteiger charge is 2.28. The van der Waals surface area contributed by atoms with E-state index in [1.807, 2.05) is 0 Å². The van der Waals surface area contributed by atoms with Crippen LogP contribution in [0.25, 0.3) is 0 Å². The quantitative estimate of drug-likeness (QED) is 0.818. The third-order valence-electron chi connectivity index (χ3n) is 6.11. The van der Waals surface area contributed by atoms with Gasteiger partial charge in [0.15, 0.2) is 0 Å². The lowest BCUT2D eigenvalue weighted by molar-refractivity contribution is -0.122. The fraction of sp³-hybridized carbons (Fsp3) is 0.667. The topological polar surface area (TPSA) is 41.1 Å². The van der Waals surface area contributed by atoms with E-state index >= 15 is 0 Å². The number of carbonyl (C=O) groups excluding carboxylic acids is 1. The first kappa shape index (κ1) is 20.3. The Hall–Kier alpha value is -1.06. The molecule has 1 saturated carbocycles. The van der Waals surface area contributed by atoms with E-state index in [0.29, 0.717) is 11.8 Å². The van der Waals surface area contributed by atoms with Gasteiger partial charge in [0, 0.05) is 13.0 Å². The minimum Gasteiger partial charge on any atom is -0.356 e. The third kappa shape index (κ3) is 6.00. The van der Waals surface area contributed by atoms with E-state index in [9.17, 15) is 4.79 Å². The lowest BCUT2D eigenvalue weighted by Gasteiger charge is -2.34. The van der Waals surface area contributed by atoms with Gasteiger partial charge in [0.05, 0.1) is 0 Å². The van der Waals surface area contributed by atoms with Crippen molar-refractivity contribution in [2.75, 3.05) is 19.6 Å². The Morgan fingerprint density at radius 1 is 1.12 bits per heavy atom. The maximum absolute atomic E-state index is 12.3. The van der Waals surface area contributed by atoms with Crippen LogP contribution < -0.4 is 10.6 Å². The Bertz CT molecular complexity index is 520. The van der Waals surface area contributed by atoms with Crippen LogP contribution in [-0.2, 0) is 4.79 Å². The Labute approximate surface area is 158 Å². The molecule has 2 aliphatic rings. The van der Waals surface area contributed by atoms with Crippen LogP contribution >= 0.6 is 12.4 Å². The van der Waals surface area contributed by atoms with Gasteiger partial charge < -0.3 is 10.6 Å². The van der Waals surface area contributed by atoms with Gasteiger partial charge >= 0.3 is 0 Å². The van der Waals surface area contributed by atoms with Crippen LogP contribution in [0, 0.1) is 11.3 Å². The number of rotatable bonds is 5. The smallest absolute Gasteiger partial charge is 0.220 e. The number of halogens is 1. The SMILES string of the molecule is CC1(CNC(=O)CC2CCC(c3ccccc3)CC2)CCNCC1.Cl. The monoisotopic (exact) mass is 364 g/mol. The van der Waals surface area contributed by atoms with Crippen molar-refractivity contribution in [2.24, 2.45) is 11.3 Å². The molecule has 0 aromatic heterocycles. The van der Waals surface area contributed by atoms with Crippen molar-refractivity contribution < 1.29 is 4.79 Å². The summed E-state index contributed by atoms with van der Waals surface area (Å²) >= 11 is 0. The van der Waals surface area contributed by atoms with Gasteiger partial charge in [-0.2, -0.15) is 0 Å². The highest BCUT2D eigenvalue weighted by molar-refractivity contribution is 5.85. The average Bonchev–Trinajstić information content (AvgIpc) is 2.62. The molecule has 1 saturated heterocycles. The number of amides is 1. The predicted molar refractivity (Wildman–Crippen MR) is 106 cm³/mol.